The average Bonchev–Trinajstić information content (AvgIpc) is 2.09. The van der Waals surface area contributed by atoms with Gasteiger partial charge in [0.05, 0.1) is 6.04 Å². The molecule has 1 N–H and O–H groups in total. The Morgan fingerprint density at radius 3 is 2.89 bits per heavy atom. The first-order chi connectivity index (χ1) is 4.66. The van der Waals surface area contributed by atoms with E-state index in [2.05, 4.69) is 0 Å². The van der Waals surface area contributed by atoms with Crippen LogP contribution in [0.1, 0.15) is 20.3 Å². The molecule has 1 rings (SSSR count). The lowest BCUT2D eigenvalue weighted by atomic mass is 10.1. The SMILES string of the molecule is [2H]N1C(=O)OC(C)C1CC. The zero-order valence-corrected chi connectivity index (χ0v) is 5.63. The molecule has 0 bridgehead atoms. The lowest BCUT2D eigenvalue weighted by Gasteiger charge is -2.07. The van der Waals surface area contributed by atoms with Crippen LogP contribution in [0.3, 0.4) is 0 Å². The fraction of sp³-hybridized carbons (Fsp3) is 0.833. The van der Waals surface area contributed by atoms with E-state index in [1.807, 2.05) is 6.92 Å². The molecule has 0 aromatic heterocycles. The molecular weight excluding hydrogens is 118 g/mol. The topological polar surface area (TPSA) is 38.3 Å². The third-order valence-electron chi connectivity index (χ3n) is 1.52. The number of ether oxygens (including phenoxy) is 1. The number of rotatable bonds is 1. The Hall–Kier alpha value is -0.730. The highest BCUT2D eigenvalue weighted by atomic mass is 16.6. The van der Waals surface area contributed by atoms with Gasteiger partial charge in [0, 0.05) is 0 Å². The predicted molar refractivity (Wildman–Crippen MR) is 33.2 cm³/mol. The molecule has 0 aliphatic carbocycles. The highest BCUT2D eigenvalue weighted by molar-refractivity contribution is 5.70. The van der Waals surface area contributed by atoms with Crippen molar-refractivity contribution in [2.24, 2.45) is 0 Å². The molecule has 1 amide bonds. The van der Waals surface area contributed by atoms with Crippen molar-refractivity contribution in [1.29, 1.82) is 0 Å². The van der Waals surface area contributed by atoms with E-state index >= 15 is 0 Å². The van der Waals surface area contributed by atoms with Crippen LogP contribution in [0.15, 0.2) is 0 Å². The Morgan fingerprint density at radius 1 is 2.00 bits per heavy atom. The quantitative estimate of drug-likeness (QED) is 0.572. The Labute approximate surface area is 55.8 Å². The largest absolute Gasteiger partial charge is 0.444 e. The Kier molecular flexibility index (Phi) is 1.27. The molecule has 0 aromatic rings. The van der Waals surface area contributed by atoms with Crippen LogP contribution in [0.4, 0.5) is 4.79 Å². The summed E-state index contributed by atoms with van der Waals surface area (Å²) in [6.45, 7) is 3.74. The lowest BCUT2D eigenvalue weighted by Crippen LogP contribution is -2.28. The van der Waals surface area contributed by atoms with Crippen LogP contribution in [-0.4, -0.2) is 18.2 Å². The van der Waals surface area contributed by atoms with Crippen molar-refractivity contribution in [2.45, 2.75) is 32.4 Å². The molecule has 1 aliphatic rings. The first kappa shape index (κ1) is 5.09. The van der Waals surface area contributed by atoms with Crippen LogP contribution in [0.5, 0.6) is 0 Å². The summed E-state index contributed by atoms with van der Waals surface area (Å²) >= 11 is 0. The van der Waals surface area contributed by atoms with Gasteiger partial charge in [-0.2, -0.15) is 0 Å². The van der Waals surface area contributed by atoms with Gasteiger partial charge in [0.2, 0.25) is 0 Å². The van der Waals surface area contributed by atoms with Gasteiger partial charge in [0.15, 0.2) is 1.41 Å². The number of cyclic esters (lactones) is 1. The summed E-state index contributed by atoms with van der Waals surface area (Å²) < 4.78 is 12.0. The minimum absolute atomic E-state index is 0.0625. The van der Waals surface area contributed by atoms with Gasteiger partial charge < -0.3 is 10.0 Å². The van der Waals surface area contributed by atoms with Gasteiger partial charge in [-0.15, -0.1) is 0 Å². The van der Waals surface area contributed by atoms with Gasteiger partial charge in [-0.05, 0) is 13.3 Å². The number of amides is 1. The molecule has 1 heterocycles. The van der Waals surface area contributed by atoms with E-state index in [4.69, 9.17) is 6.15 Å². The van der Waals surface area contributed by atoms with Gasteiger partial charge >= 0.3 is 6.09 Å². The molecule has 3 heteroatoms. The summed E-state index contributed by atoms with van der Waals surface area (Å²) in [5, 5.41) is 0.907. The summed E-state index contributed by atoms with van der Waals surface area (Å²) in [7, 11) is 0. The highest BCUT2D eigenvalue weighted by Gasteiger charge is 2.28. The van der Waals surface area contributed by atoms with Gasteiger partial charge in [-0.25, -0.2) is 4.79 Å². The maximum Gasteiger partial charge on any atom is 0.407 e. The van der Waals surface area contributed by atoms with Crippen LogP contribution in [0, 0.1) is 0 Å². The van der Waals surface area contributed by atoms with E-state index in [9.17, 15) is 4.79 Å². The van der Waals surface area contributed by atoms with Crippen molar-refractivity contribution in [3.05, 3.63) is 0 Å². The third-order valence-corrected chi connectivity index (χ3v) is 1.52. The van der Waals surface area contributed by atoms with Crippen molar-refractivity contribution in [3.63, 3.8) is 0 Å². The van der Waals surface area contributed by atoms with E-state index in [0.29, 0.717) is 0 Å². The van der Waals surface area contributed by atoms with Crippen molar-refractivity contribution in [2.75, 3.05) is 0 Å². The Bertz CT molecular complexity index is 151. The van der Waals surface area contributed by atoms with Gasteiger partial charge in [-0.1, -0.05) is 6.92 Å². The lowest BCUT2D eigenvalue weighted by molar-refractivity contribution is 0.141. The predicted octanol–water partition coefficient (Wildman–Crippen LogP) is 0.893. The smallest absolute Gasteiger partial charge is 0.407 e. The van der Waals surface area contributed by atoms with Crippen molar-refractivity contribution < 1.29 is 10.9 Å². The van der Waals surface area contributed by atoms with Gasteiger partial charge in [0.1, 0.15) is 6.10 Å². The monoisotopic (exact) mass is 130 g/mol. The average molecular weight is 130 g/mol. The van der Waals surface area contributed by atoms with E-state index < -0.39 is 6.09 Å². The molecule has 1 aliphatic heterocycles. The van der Waals surface area contributed by atoms with Gasteiger partial charge in [0.25, 0.3) is 0 Å². The number of hydrogen-bond donors (Lipinski definition) is 1. The number of carbonyl (C=O) groups excluding carboxylic acids is 1. The van der Waals surface area contributed by atoms with Crippen LogP contribution < -0.4 is 5.31 Å². The molecule has 0 aromatic carbocycles. The van der Waals surface area contributed by atoms with Gasteiger partial charge in [-0.3, -0.25) is 0 Å². The molecule has 2 atom stereocenters. The molecule has 9 heavy (non-hydrogen) atoms. The summed E-state index contributed by atoms with van der Waals surface area (Å²) in [6.07, 6.45) is 0.116. The Balaban J connectivity index is 2.64. The summed E-state index contributed by atoms with van der Waals surface area (Å²) in [5.41, 5.74) is 0. The minimum Gasteiger partial charge on any atom is -0.444 e. The van der Waals surface area contributed by atoms with Crippen molar-refractivity contribution in [1.82, 2.24) is 5.31 Å². The molecule has 0 saturated carbocycles. The minimum atomic E-state index is -0.528. The number of carbonyl (C=O) groups is 1. The second-order valence-corrected chi connectivity index (χ2v) is 2.19. The van der Waals surface area contributed by atoms with E-state index in [1.54, 1.807) is 6.92 Å². The molecular formula is C6H11NO2. The Morgan fingerprint density at radius 2 is 2.67 bits per heavy atom. The standard InChI is InChI=1S/C6H11NO2/c1-3-5-4(2)9-6(8)7-5/h4-5H,3H2,1-2H3,(H,7,8)/i/hD. The summed E-state index contributed by atoms with van der Waals surface area (Å²) in [4.78, 5) is 10.7. The van der Waals surface area contributed by atoms with Crippen molar-refractivity contribution in [3.8, 4) is 0 Å². The highest BCUT2D eigenvalue weighted by Crippen LogP contribution is 2.09. The summed E-state index contributed by atoms with van der Waals surface area (Å²) in [5.74, 6) is 0. The van der Waals surface area contributed by atoms with Crippen molar-refractivity contribution >= 4 is 6.09 Å². The molecule has 1 saturated heterocycles. The second-order valence-electron chi connectivity index (χ2n) is 2.19. The second kappa shape index (κ2) is 2.25. The maximum absolute atomic E-state index is 10.7. The number of alkyl carbamates (subject to hydrolysis) is 1. The van der Waals surface area contributed by atoms with Crippen LogP contribution in [-0.2, 0) is 4.74 Å². The molecule has 52 valence electrons. The first-order valence-corrected chi connectivity index (χ1v) is 3.15. The molecule has 0 spiro atoms. The third kappa shape index (κ3) is 1.15. The summed E-state index contributed by atoms with van der Waals surface area (Å²) in [6, 6.07) is -0.0625. The number of hydrogen-bond acceptors (Lipinski definition) is 2. The molecule has 1 fully saturated rings. The molecule has 2 unspecified atom stereocenters. The maximum atomic E-state index is 10.7. The van der Waals surface area contributed by atoms with E-state index in [-0.39, 0.29) is 12.1 Å². The van der Waals surface area contributed by atoms with Crippen LogP contribution >= 0.6 is 0 Å². The zero-order valence-electron chi connectivity index (χ0n) is 6.63. The number of nitrogens with one attached hydrogen (secondary N) is 1. The fourth-order valence-electron chi connectivity index (χ4n) is 0.932. The first-order valence-electron chi connectivity index (χ1n) is 3.60. The normalized spacial score (nSPS) is 36.4. The van der Waals surface area contributed by atoms with Crippen LogP contribution in [0.25, 0.3) is 0 Å². The fourth-order valence-corrected chi connectivity index (χ4v) is 0.932. The van der Waals surface area contributed by atoms with E-state index in [0.717, 1.165) is 11.7 Å². The molecule has 0 radical (unpaired) electrons. The zero-order chi connectivity index (χ0) is 7.72. The molecule has 3 nitrogen and oxygen atoms in total. The van der Waals surface area contributed by atoms with Crippen LogP contribution in [0.2, 0.25) is 1.41 Å². The van der Waals surface area contributed by atoms with E-state index in [1.165, 1.54) is 0 Å².